The van der Waals surface area contributed by atoms with Crippen LogP contribution in [0.15, 0.2) is 140 Å². The smallest absolute Gasteiger partial charge is 0.0596 e. The highest BCUT2D eigenvalue weighted by atomic mass is 15.1. The molecule has 0 aliphatic rings. The van der Waals surface area contributed by atoms with Crippen molar-refractivity contribution in [3.63, 3.8) is 0 Å². The summed E-state index contributed by atoms with van der Waals surface area (Å²) in [7, 11) is 0. The lowest BCUT2D eigenvalue weighted by Crippen LogP contribution is -1.97. The van der Waals surface area contributed by atoms with E-state index >= 15 is 0 Å². The van der Waals surface area contributed by atoms with Crippen molar-refractivity contribution in [2.24, 2.45) is 0 Å². The van der Waals surface area contributed by atoms with Gasteiger partial charge in [-0.25, -0.2) is 0 Å². The lowest BCUT2D eigenvalue weighted by molar-refractivity contribution is 1.05. The molecule has 0 unspecified atom stereocenters. The number of para-hydroxylation sites is 1. The van der Waals surface area contributed by atoms with Crippen molar-refractivity contribution in [2.45, 2.75) is 0 Å². The van der Waals surface area contributed by atoms with Gasteiger partial charge in [-0.05, 0) is 73.8 Å². The summed E-state index contributed by atoms with van der Waals surface area (Å²) >= 11 is 0. The first-order chi connectivity index (χ1) is 20.3. The Morgan fingerprint density at radius 1 is 0.390 bits per heavy atom. The van der Waals surface area contributed by atoms with E-state index in [-0.39, 0.29) is 0 Å². The molecule has 41 heavy (non-hydrogen) atoms. The molecule has 0 bridgehead atoms. The summed E-state index contributed by atoms with van der Waals surface area (Å²) in [6, 6.07) is 46.1. The molecular weight excluding hydrogens is 498 g/mol. The fraction of sp³-hybridized carbons (Fsp3) is 0. The van der Waals surface area contributed by atoms with Crippen molar-refractivity contribution in [3.8, 4) is 16.8 Å². The molecule has 190 valence electrons. The minimum atomic E-state index is 1.08. The molecule has 0 spiro atoms. The fourth-order valence-electron chi connectivity index (χ4n) is 6.62. The van der Waals surface area contributed by atoms with Crippen molar-refractivity contribution < 1.29 is 0 Å². The van der Waals surface area contributed by atoms with Crippen LogP contribution in [0.3, 0.4) is 0 Å². The zero-order valence-electron chi connectivity index (χ0n) is 22.1. The van der Waals surface area contributed by atoms with E-state index in [2.05, 4.69) is 142 Å². The number of nitrogens with zero attached hydrogens (tertiary/aromatic N) is 3. The van der Waals surface area contributed by atoms with E-state index in [0.717, 1.165) is 22.0 Å². The van der Waals surface area contributed by atoms with Crippen LogP contribution in [0.25, 0.3) is 81.7 Å². The third kappa shape index (κ3) is 3.26. The molecule has 9 aromatic rings. The normalized spacial score (nSPS) is 11.9. The Bertz CT molecular complexity index is 2490. The summed E-state index contributed by atoms with van der Waals surface area (Å²) in [6.45, 7) is 0. The summed E-state index contributed by atoms with van der Waals surface area (Å²) in [5.74, 6) is 0. The number of hydrogen-bond donors (Lipinski definition) is 0. The van der Waals surface area contributed by atoms with Crippen molar-refractivity contribution >= 4 is 64.9 Å². The molecule has 0 saturated heterocycles. The molecule has 7 aromatic carbocycles. The van der Waals surface area contributed by atoms with Gasteiger partial charge in [-0.2, -0.15) is 10.2 Å². The van der Waals surface area contributed by atoms with Gasteiger partial charge in [0, 0.05) is 21.5 Å². The van der Waals surface area contributed by atoms with Crippen molar-refractivity contribution in [1.82, 2.24) is 14.8 Å². The first-order valence-electron chi connectivity index (χ1n) is 13.9. The second-order valence-electron chi connectivity index (χ2n) is 10.7. The van der Waals surface area contributed by atoms with Gasteiger partial charge in [0.25, 0.3) is 0 Å². The zero-order chi connectivity index (χ0) is 26.9. The Morgan fingerprint density at radius 2 is 1.07 bits per heavy atom. The Balaban J connectivity index is 1.31. The fourth-order valence-corrected chi connectivity index (χ4v) is 6.62. The number of hydrogen-bond acceptors (Lipinski definition) is 2. The molecule has 3 nitrogen and oxygen atoms in total. The Morgan fingerprint density at radius 3 is 1.95 bits per heavy atom. The van der Waals surface area contributed by atoms with E-state index < -0.39 is 0 Å². The summed E-state index contributed by atoms with van der Waals surface area (Å²) in [5.41, 5.74) is 5.80. The van der Waals surface area contributed by atoms with Crippen LogP contribution in [-0.2, 0) is 0 Å². The molecule has 0 aliphatic heterocycles. The standard InChI is InChI=1S/C38H23N3/c1-2-9-26-21-38-33(20-25(26)8-1)32-11-5-6-12-36(32)41(38)37-18-17-31(34-22-39-40-23-35(34)37)28-15-16-30-27(19-28)14-13-24-7-3-4-10-29(24)30/h1-23H. The lowest BCUT2D eigenvalue weighted by Gasteiger charge is -2.15. The van der Waals surface area contributed by atoms with Gasteiger partial charge < -0.3 is 4.57 Å². The second-order valence-corrected chi connectivity index (χ2v) is 10.7. The van der Waals surface area contributed by atoms with Gasteiger partial charge in [0.2, 0.25) is 0 Å². The highest BCUT2D eigenvalue weighted by molar-refractivity contribution is 6.15. The Hall–Kier alpha value is -5.54. The molecule has 0 N–H and O–H groups in total. The molecule has 2 aromatic heterocycles. The summed E-state index contributed by atoms with van der Waals surface area (Å²) < 4.78 is 2.39. The van der Waals surface area contributed by atoms with Gasteiger partial charge in [0.1, 0.15) is 0 Å². The topological polar surface area (TPSA) is 30.7 Å². The second kappa shape index (κ2) is 8.48. The van der Waals surface area contributed by atoms with Gasteiger partial charge in [0.15, 0.2) is 0 Å². The first-order valence-corrected chi connectivity index (χ1v) is 13.9. The quantitative estimate of drug-likeness (QED) is 0.212. The largest absolute Gasteiger partial charge is 0.309 e. The van der Waals surface area contributed by atoms with E-state index in [1.807, 2.05) is 12.4 Å². The molecule has 2 heterocycles. The maximum absolute atomic E-state index is 4.35. The van der Waals surface area contributed by atoms with Crippen molar-refractivity contribution in [3.05, 3.63) is 140 Å². The SMILES string of the molecule is c1ccc2cc3c(cc2c1)c1ccccc1n3-c1ccc(-c2ccc3c(ccc4ccccc43)c2)c2cnncc12. The van der Waals surface area contributed by atoms with Crippen LogP contribution in [0.1, 0.15) is 0 Å². The van der Waals surface area contributed by atoms with Crippen LogP contribution < -0.4 is 0 Å². The van der Waals surface area contributed by atoms with Crippen LogP contribution in [0.5, 0.6) is 0 Å². The van der Waals surface area contributed by atoms with Crippen LogP contribution in [-0.4, -0.2) is 14.8 Å². The molecule has 9 rings (SSSR count). The highest BCUT2D eigenvalue weighted by Crippen LogP contribution is 2.39. The third-order valence-corrected chi connectivity index (χ3v) is 8.54. The van der Waals surface area contributed by atoms with Crippen LogP contribution in [0, 0.1) is 0 Å². The predicted octanol–water partition coefficient (Wildman–Crippen LogP) is 9.85. The minimum Gasteiger partial charge on any atom is -0.309 e. The van der Waals surface area contributed by atoms with Crippen molar-refractivity contribution in [1.29, 1.82) is 0 Å². The van der Waals surface area contributed by atoms with Gasteiger partial charge in [-0.1, -0.05) is 97.1 Å². The van der Waals surface area contributed by atoms with E-state index in [9.17, 15) is 0 Å². The lowest BCUT2D eigenvalue weighted by atomic mass is 9.95. The van der Waals surface area contributed by atoms with E-state index in [0.29, 0.717) is 0 Å². The average molecular weight is 522 g/mol. The molecule has 0 saturated carbocycles. The number of aromatic nitrogens is 3. The minimum absolute atomic E-state index is 1.08. The first kappa shape index (κ1) is 22.3. The van der Waals surface area contributed by atoms with Gasteiger partial charge in [0.05, 0.1) is 29.1 Å². The average Bonchev–Trinajstić information content (AvgIpc) is 3.35. The Labute approximate surface area is 235 Å². The molecule has 3 heteroatoms. The van der Waals surface area contributed by atoms with Crippen LogP contribution in [0.4, 0.5) is 0 Å². The predicted molar refractivity (Wildman–Crippen MR) is 172 cm³/mol. The van der Waals surface area contributed by atoms with E-state index in [4.69, 9.17) is 0 Å². The maximum Gasteiger partial charge on any atom is 0.0596 e. The third-order valence-electron chi connectivity index (χ3n) is 8.54. The summed E-state index contributed by atoms with van der Waals surface area (Å²) in [6.07, 6.45) is 3.81. The summed E-state index contributed by atoms with van der Waals surface area (Å²) in [5, 5.41) is 20.9. The monoisotopic (exact) mass is 521 g/mol. The molecule has 0 atom stereocenters. The zero-order valence-corrected chi connectivity index (χ0v) is 22.1. The highest BCUT2D eigenvalue weighted by Gasteiger charge is 2.17. The molecule has 0 fully saturated rings. The molecule has 0 radical (unpaired) electrons. The van der Waals surface area contributed by atoms with Gasteiger partial charge >= 0.3 is 0 Å². The number of fused-ring (bicyclic) bond motifs is 8. The Kier molecular flexibility index (Phi) is 4.61. The summed E-state index contributed by atoms with van der Waals surface area (Å²) in [4.78, 5) is 0. The van der Waals surface area contributed by atoms with E-state index in [1.165, 1.54) is 59.7 Å². The number of benzene rings is 7. The molecule has 0 amide bonds. The van der Waals surface area contributed by atoms with Gasteiger partial charge in [-0.3, -0.25) is 0 Å². The van der Waals surface area contributed by atoms with Gasteiger partial charge in [-0.15, -0.1) is 0 Å². The molecule has 0 aliphatic carbocycles. The van der Waals surface area contributed by atoms with E-state index in [1.54, 1.807) is 0 Å². The maximum atomic E-state index is 4.35. The van der Waals surface area contributed by atoms with Crippen LogP contribution in [0.2, 0.25) is 0 Å². The van der Waals surface area contributed by atoms with Crippen molar-refractivity contribution in [2.75, 3.05) is 0 Å². The van der Waals surface area contributed by atoms with Crippen LogP contribution >= 0.6 is 0 Å². The number of rotatable bonds is 2. The molecular formula is C38H23N3.